The third-order valence-corrected chi connectivity index (χ3v) is 3.98. The van der Waals surface area contributed by atoms with Gasteiger partial charge in [0.25, 0.3) is 5.91 Å². The first-order chi connectivity index (χ1) is 9.13. The molecule has 3 heterocycles. The van der Waals surface area contributed by atoms with Crippen LogP contribution in [0.2, 0.25) is 0 Å². The number of carbonyl (C=O) groups excluding carboxylic acids is 1. The minimum absolute atomic E-state index is 0.251. The van der Waals surface area contributed by atoms with Crippen LogP contribution in [0.25, 0.3) is 0 Å². The predicted octanol–water partition coefficient (Wildman–Crippen LogP) is 1.99. The summed E-state index contributed by atoms with van der Waals surface area (Å²) < 4.78 is 7.15. The van der Waals surface area contributed by atoms with Crippen LogP contribution in [0.3, 0.4) is 0 Å². The Hall–Kier alpha value is -1.89. The lowest BCUT2D eigenvalue weighted by Gasteiger charge is -2.13. The van der Waals surface area contributed by atoms with E-state index in [9.17, 15) is 4.79 Å². The number of hydrogen-bond donors (Lipinski definition) is 1. The van der Waals surface area contributed by atoms with E-state index >= 15 is 0 Å². The lowest BCUT2D eigenvalue weighted by molar-refractivity contribution is 0.102. The second kappa shape index (κ2) is 4.65. The lowest BCUT2D eigenvalue weighted by Crippen LogP contribution is -2.16. The maximum absolute atomic E-state index is 12.1. The zero-order chi connectivity index (χ0) is 13.4. The summed E-state index contributed by atoms with van der Waals surface area (Å²) in [7, 11) is 0. The van der Waals surface area contributed by atoms with E-state index in [1.165, 1.54) is 11.3 Å². The van der Waals surface area contributed by atoms with Gasteiger partial charge in [0.15, 0.2) is 10.8 Å². The minimum Gasteiger partial charge on any atom is -0.478 e. The number of nitrogens with one attached hydrogen (secondary N) is 1. The quantitative estimate of drug-likeness (QED) is 0.912. The van der Waals surface area contributed by atoms with Gasteiger partial charge in [0.05, 0.1) is 12.3 Å². The standard InChI is InChI=1S/C12H14N4O2S/c1-7-8(2)19-12(13-7)14-11(17)9-6-10-16(15-9)4-3-5-18-10/h6H,3-5H2,1-2H3,(H,13,14,17). The Bertz CT molecular complexity index is 589. The van der Waals surface area contributed by atoms with Gasteiger partial charge in [0, 0.05) is 23.9 Å². The first-order valence-electron chi connectivity index (χ1n) is 6.09. The predicted molar refractivity (Wildman–Crippen MR) is 71.9 cm³/mol. The van der Waals surface area contributed by atoms with Crippen LogP contribution in [0.15, 0.2) is 6.07 Å². The van der Waals surface area contributed by atoms with Crippen molar-refractivity contribution in [1.29, 1.82) is 0 Å². The number of aryl methyl sites for hydroxylation is 3. The number of carbonyl (C=O) groups is 1. The van der Waals surface area contributed by atoms with Crippen LogP contribution in [0.4, 0.5) is 5.13 Å². The fourth-order valence-corrected chi connectivity index (χ4v) is 2.68. The second-order valence-corrected chi connectivity index (χ2v) is 5.61. The van der Waals surface area contributed by atoms with Gasteiger partial charge in [0.2, 0.25) is 5.88 Å². The van der Waals surface area contributed by atoms with Gasteiger partial charge in [-0.15, -0.1) is 11.3 Å². The monoisotopic (exact) mass is 278 g/mol. The van der Waals surface area contributed by atoms with Crippen molar-refractivity contribution in [2.24, 2.45) is 0 Å². The fraction of sp³-hybridized carbons (Fsp3) is 0.417. The van der Waals surface area contributed by atoms with Gasteiger partial charge in [-0.05, 0) is 13.8 Å². The van der Waals surface area contributed by atoms with Crippen LogP contribution in [-0.2, 0) is 6.54 Å². The van der Waals surface area contributed by atoms with Crippen molar-refractivity contribution < 1.29 is 9.53 Å². The Morgan fingerprint density at radius 3 is 3.05 bits per heavy atom. The van der Waals surface area contributed by atoms with E-state index in [4.69, 9.17) is 4.74 Å². The van der Waals surface area contributed by atoms with Crippen LogP contribution in [0.1, 0.15) is 27.5 Å². The molecule has 1 aliphatic heterocycles. The van der Waals surface area contributed by atoms with Crippen molar-refractivity contribution in [1.82, 2.24) is 14.8 Å². The number of rotatable bonds is 2. The van der Waals surface area contributed by atoms with Crippen LogP contribution >= 0.6 is 11.3 Å². The van der Waals surface area contributed by atoms with Crippen LogP contribution in [0.5, 0.6) is 5.88 Å². The molecule has 2 aromatic heterocycles. The molecule has 19 heavy (non-hydrogen) atoms. The summed E-state index contributed by atoms with van der Waals surface area (Å²) in [6.45, 7) is 5.37. The summed E-state index contributed by atoms with van der Waals surface area (Å²) >= 11 is 1.46. The first-order valence-corrected chi connectivity index (χ1v) is 6.91. The number of ether oxygens (including phenoxy) is 1. The first kappa shape index (κ1) is 12.2. The highest BCUT2D eigenvalue weighted by Crippen LogP contribution is 2.23. The van der Waals surface area contributed by atoms with Crippen molar-refractivity contribution in [2.45, 2.75) is 26.8 Å². The van der Waals surface area contributed by atoms with Crippen LogP contribution in [0, 0.1) is 13.8 Å². The molecule has 0 saturated carbocycles. The molecule has 0 bridgehead atoms. The van der Waals surface area contributed by atoms with E-state index in [1.54, 1.807) is 10.7 Å². The number of thiazole rings is 1. The molecule has 0 radical (unpaired) electrons. The van der Waals surface area contributed by atoms with Crippen molar-refractivity contribution >= 4 is 22.4 Å². The van der Waals surface area contributed by atoms with Crippen molar-refractivity contribution in [3.05, 3.63) is 22.3 Å². The highest BCUT2D eigenvalue weighted by atomic mass is 32.1. The van der Waals surface area contributed by atoms with Crippen LogP contribution in [-0.4, -0.2) is 27.3 Å². The molecule has 0 atom stereocenters. The average Bonchev–Trinajstić information content (AvgIpc) is 2.93. The highest BCUT2D eigenvalue weighted by molar-refractivity contribution is 7.15. The molecule has 2 aromatic rings. The molecule has 1 N–H and O–H groups in total. The minimum atomic E-state index is -0.251. The molecule has 3 rings (SSSR count). The fourth-order valence-electron chi connectivity index (χ4n) is 1.87. The Kier molecular flexibility index (Phi) is 2.98. The molecule has 1 aliphatic rings. The Labute approximate surface area is 114 Å². The van der Waals surface area contributed by atoms with E-state index in [-0.39, 0.29) is 5.91 Å². The zero-order valence-electron chi connectivity index (χ0n) is 10.8. The molecular formula is C12H14N4O2S. The topological polar surface area (TPSA) is 69.0 Å². The van der Waals surface area contributed by atoms with E-state index in [1.807, 2.05) is 13.8 Å². The molecule has 0 aliphatic carbocycles. The van der Waals surface area contributed by atoms with Gasteiger partial charge in [0.1, 0.15) is 0 Å². The van der Waals surface area contributed by atoms with Gasteiger partial charge in [-0.3, -0.25) is 10.1 Å². The largest absolute Gasteiger partial charge is 0.478 e. The van der Waals surface area contributed by atoms with E-state index in [0.29, 0.717) is 23.3 Å². The van der Waals surface area contributed by atoms with E-state index < -0.39 is 0 Å². The number of hydrogen-bond acceptors (Lipinski definition) is 5. The van der Waals surface area contributed by atoms with Gasteiger partial charge < -0.3 is 4.74 Å². The molecule has 0 saturated heterocycles. The molecule has 1 amide bonds. The molecule has 0 fully saturated rings. The Balaban J connectivity index is 1.78. The van der Waals surface area contributed by atoms with E-state index in [0.717, 1.165) is 23.5 Å². The van der Waals surface area contributed by atoms with E-state index in [2.05, 4.69) is 15.4 Å². The third-order valence-electron chi connectivity index (χ3n) is 2.99. The number of aromatic nitrogens is 3. The summed E-state index contributed by atoms with van der Waals surface area (Å²) in [5, 5.41) is 7.60. The average molecular weight is 278 g/mol. The molecule has 6 nitrogen and oxygen atoms in total. The molecule has 0 spiro atoms. The summed E-state index contributed by atoms with van der Waals surface area (Å²) in [6.07, 6.45) is 0.917. The smallest absolute Gasteiger partial charge is 0.278 e. The van der Waals surface area contributed by atoms with Gasteiger partial charge in [-0.2, -0.15) is 5.10 Å². The summed E-state index contributed by atoms with van der Waals surface area (Å²) in [6, 6.07) is 1.67. The Morgan fingerprint density at radius 1 is 1.53 bits per heavy atom. The lowest BCUT2D eigenvalue weighted by atomic mass is 10.4. The van der Waals surface area contributed by atoms with Crippen LogP contribution < -0.4 is 10.1 Å². The normalized spacial score (nSPS) is 13.8. The van der Waals surface area contributed by atoms with Gasteiger partial charge in [-0.1, -0.05) is 0 Å². The second-order valence-electron chi connectivity index (χ2n) is 4.41. The third kappa shape index (κ3) is 2.33. The number of amides is 1. The summed E-state index contributed by atoms with van der Waals surface area (Å²) in [4.78, 5) is 17.5. The van der Waals surface area contributed by atoms with Crippen molar-refractivity contribution in [3.63, 3.8) is 0 Å². The highest BCUT2D eigenvalue weighted by Gasteiger charge is 2.18. The molecule has 0 unspecified atom stereocenters. The molecular weight excluding hydrogens is 264 g/mol. The number of anilines is 1. The SMILES string of the molecule is Cc1nc(NC(=O)c2cc3n(n2)CCCO3)sc1C. The molecule has 0 aromatic carbocycles. The molecule has 100 valence electrons. The number of nitrogens with zero attached hydrogens (tertiary/aromatic N) is 3. The summed E-state index contributed by atoms with van der Waals surface area (Å²) in [5.74, 6) is 0.405. The Morgan fingerprint density at radius 2 is 2.37 bits per heavy atom. The maximum Gasteiger partial charge on any atom is 0.278 e. The van der Waals surface area contributed by atoms with Crippen molar-refractivity contribution in [3.8, 4) is 5.88 Å². The molecule has 7 heteroatoms. The maximum atomic E-state index is 12.1. The van der Waals surface area contributed by atoms with Gasteiger partial charge >= 0.3 is 0 Å². The number of fused-ring (bicyclic) bond motifs is 1. The zero-order valence-corrected chi connectivity index (χ0v) is 11.6. The van der Waals surface area contributed by atoms with Gasteiger partial charge in [-0.25, -0.2) is 9.67 Å². The van der Waals surface area contributed by atoms with Crippen molar-refractivity contribution in [2.75, 3.05) is 11.9 Å². The summed E-state index contributed by atoms with van der Waals surface area (Å²) in [5.41, 5.74) is 1.30.